The van der Waals surface area contributed by atoms with Crippen LogP contribution in [0.1, 0.15) is 49.4 Å². The van der Waals surface area contributed by atoms with Gasteiger partial charge < -0.3 is 20.5 Å². The summed E-state index contributed by atoms with van der Waals surface area (Å²) in [6.45, 7) is 3.99. The van der Waals surface area contributed by atoms with Crippen molar-refractivity contribution in [3.05, 3.63) is 29.8 Å². The first-order valence-electron chi connectivity index (χ1n) is 8.58. The van der Waals surface area contributed by atoms with Gasteiger partial charge in [0.15, 0.2) is 0 Å². The summed E-state index contributed by atoms with van der Waals surface area (Å²) in [5, 5.41) is 2.99. The van der Waals surface area contributed by atoms with Crippen LogP contribution in [0.15, 0.2) is 24.3 Å². The van der Waals surface area contributed by atoms with Crippen molar-refractivity contribution < 1.29 is 14.3 Å². The van der Waals surface area contributed by atoms with Gasteiger partial charge in [0, 0.05) is 24.8 Å². The quantitative estimate of drug-likeness (QED) is 0.733. The van der Waals surface area contributed by atoms with Crippen LogP contribution in [0.2, 0.25) is 0 Å². The van der Waals surface area contributed by atoms with E-state index in [-0.39, 0.29) is 18.1 Å². The van der Waals surface area contributed by atoms with Crippen LogP contribution in [0.5, 0.6) is 5.75 Å². The molecule has 0 saturated carbocycles. The Hall–Kier alpha value is -1.59. The second kappa shape index (κ2) is 9.53. The predicted molar refractivity (Wildman–Crippen MR) is 90.7 cm³/mol. The second-order valence-corrected chi connectivity index (χ2v) is 6.02. The zero-order chi connectivity index (χ0) is 16.5. The molecule has 5 heteroatoms. The Balaban J connectivity index is 1.81. The van der Waals surface area contributed by atoms with E-state index < -0.39 is 0 Å². The van der Waals surface area contributed by atoms with Crippen molar-refractivity contribution in [1.82, 2.24) is 5.32 Å². The van der Waals surface area contributed by atoms with E-state index in [4.69, 9.17) is 15.2 Å². The van der Waals surface area contributed by atoms with Gasteiger partial charge in [0.2, 0.25) is 0 Å². The maximum Gasteiger partial charge on any atom is 0.251 e. The summed E-state index contributed by atoms with van der Waals surface area (Å²) in [6.07, 6.45) is 5.44. The molecule has 2 atom stereocenters. The minimum atomic E-state index is -0.0813. The van der Waals surface area contributed by atoms with Gasteiger partial charge in [-0.2, -0.15) is 0 Å². The molecule has 1 amide bonds. The predicted octanol–water partition coefficient (Wildman–Crippen LogP) is 2.49. The van der Waals surface area contributed by atoms with Crippen LogP contribution in [-0.2, 0) is 4.74 Å². The number of ether oxygens (including phenoxy) is 2. The van der Waals surface area contributed by atoms with Gasteiger partial charge in [-0.25, -0.2) is 0 Å². The fourth-order valence-corrected chi connectivity index (χ4v) is 2.64. The first kappa shape index (κ1) is 17.8. The molecule has 1 aromatic rings. The van der Waals surface area contributed by atoms with Gasteiger partial charge in [-0.3, -0.25) is 4.79 Å². The maximum atomic E-state index is 12.2. The van der Waals surface area contributed by atoms with E-state index in [0.29, 0.717) is 18.7 Å². The molecule has 5 nitrogen and oxygen atoms in total. The van der Waals surface area contributed by atoms with Gasteiger partial charge in [0.1, 0.15) is 12.4 Å². The summed E-state index contributed by atoms with van der Waals surface area (Å²) in [5.41, 5.74) is 6.35. The number of rotatable bonds is 9. The third-order valence-electron chi connectivity index (χ3n) is 4.10. The standard InChI is InChI=1S/C18H28N2O3/c1-2-3-5-15(12-19)20-18(21)14-7-9-16(10-8-14)23-13-17-6-4-11-22-17/h7-10,15,17H,2-6,11-13,19H2,1H3,(H,20,21). The van der Waals surface area contributed by atoms with Crippen LogP contribution in [0.4, 0.5) is 0 Å². The summed E-state index contributed by atoms with van der Waals surface area (Å²) in [6, 6.07) is 7.26. The summed E-state index contributed by atoms with van der Waals surface area (Å²) in [5.74, 6) is 0.681. The van der Waals surface area contributed by atoms with Crippen LogP contribution in [0.25, 0.3) is 0 Å². The fourth-order valence-electron chi connectivity index (χ4n) is 2.64. The largest absolute Gasteiger partial charge is 0.491 e. The molecule has 0 radical (unpaired) electrons. The Morgan fingerprint density at radius 3 is 2.83 bits per heavy atom. The third-order valence-corrected chi connectivity index (χ3v) is 4.10. The molecule has 0 aromatic heterocycles. The minimum absolute atomic E-state index is 0.0397. The lowest BCUT2D eigenvalue weighted by Crippen LogP contribution is -2.40. The first-order valence-corrected chi connectivity index (χ1v) is 8.58. The average Bonchev–Trinajstić information content (AvgIpc) is 3.10. The number of nitrogens with one attached hydrogen (secondary N) is 1. The van der Waals surface area contributed by atoms with E-state index in [1.807, 2.05) is 12.1 Å². The molecule has 23 heavy (non-hydrogen) atoms. The molecule has 0 spiro atoms. The Morgan fingerprint density at radius 1 is 1.43 bits per heavy atom. The molecule has 1 fully saturated rings. The van der Waals surface area contributed by atoms with Crippen LogP contribution in [-0.4, -0.2) is 37.8 Å². The highest BCUT2D eigenvalue weighted by molar-refractivity contribution is 5.94. The number of unbranched alkanes of at least 4 members (excludes halogenated alkanes) is 1. The van der Waals surface area contributed by atoms with E-state index in [1.54, 1.807) is 12.1 Å². The molecule has 2 unspecified atom stereocenters. The van der Waals surface area contributed by atoms with Crippen molar-refractivity contribution in [2.45, 2.75) is 51.2 Å². The summed E-state index contributed by atoms with van der Waals surface area (Å²) in [4.78, 5) is 12.2. The average molecular weight is 320 g/mol. The number of amides is 1. The van der Waals surface area contributed by atoms with Crippen molar-refractivity contribution >= 4 is 5.91 Å². The smallest absolute Gasteiger partial charge is 0.251 e. The molecule has 1 aliphatic heterocycles. The van der Waals surface area contributed by atoms with Gasteiger partial charge >= 0.3 is 0 Å². The highest BCUT2D eigenvalue weighted by atomic mass is 16.5. The lowest BCUT2D eigenvalue weighted by Gasteiger charge is -2.16. The fraction of sp³-hybridized carbons (Fsp3) is 0.611. The van der Waals surface area contributed by atoms with Gasteiger partial charge in [-0.1, -0.05) is 19.8 Å². The third kappa shape index (κ3) is 5.84. The van der Waals surface area contributed by atoms with E-state index in [0.717, 1.165) is 44.5 Å². The number of carbonyl (C=O) groups is 1. The maximum absolute atomic E-state index is 12.2. The number of hydrogen-bond donors (Lipinski definition) is 2. The van der Waals surface area contributed by atoms with Crippen LogP contribution in [0.3, 0.4) is 0 Å². The van der Waals surface area contributed by atoms with E-state index >= 15 is 0 Å². The van der Waals surface area contributed by atoms with Crippen molar-refractivity contribution in [2.24, 2.45) is 5.73 Å². The SMILES string of the molecule is CCCCC(CN)NC(=O)c1ccc(OCC2CCCO2)cc1. The summed E-state index contributed by atoms with van der Waals surface area (Å²) < 4.78 is 11.2. The molecule has 128 valence electrons. The van der Waals surface area contributed by atoms with E-state index in [1.165, 1.54) is 0 Å². The second-order valence-electron chi connectivity index (χ2n) is 6.02. The normalized spacial score (nSPS) is 18.6. The van der Waals surface area contributed by atoms with Gasteiger partial charge in [0.05, 0.1) is 6.10 Å². The lowest BCUT2D eigenvalue weighted by molar-refractivity contribution is 0.0679. The number of hydrogen-bond acceptors (Lipinski definition) is 4. The molecule has 2 rings (SSSR count). The van der Waals surface area contributed by atoms with Crippen LogP contribution in [0, 0.1) is 0 Å². The van der Waals surface area contributed by atoms with Gasteiger partial charge in [0.25, 0.3) is 5.91 Å². The summed E-state index contributed by atoms with van der Waals surface area (Å²) in [7, 11) is 0. The number of carbonyl (C=O) groups excluding carboxylic acids is 1. The zero-order valence-electron chi connectivity index (χ0n) is 13.9. The molecular weight excluding hydrogens is 292 g/mol. The van der Waals surface area contributed by atoms with E-state index in [2.05, 4.69) is 12.2 Å². The first-order chi connectivity index (χ1) is 11.2. The Labute approximate surface area is 138 Å². The minimum Gasteiger partial charge on any atom is -0.491 e. The highest BCUT2D eigenvalue weighted by Crippen LogP contribution is 2.16. The molecular formula is C18H28N2O3. The Kier molecular flexibility index (Phi) is 7.36. The molecule has 1 aliphatic rings. The molecule has 3 N–H and O–H groups in total. The molecule has 1 saturated heterocycles. The molecule has 1 heterocycles. The monoisotopic (exact) mass is 320 g/mol. The Bertz CT molecular complexity index is 470. The summed E-state index contributed by atoms with van der Waals surface area (Å²) >= 11 is 0. The molecule has 0 aliphatic carbocycles. The number of benzene rings is 1. The van der Waals surface area contributed by atoms with Crippen molar-refractivity contribution in [2.75, 3.05) is 19.8 Å². The van der Waals surface area contributed by atoms with Crippen LogP contribution < -0.4 is 15.8 Å². The molecule has 0 bridgehead atoms. The van der Waals surface area contributed by atoms with Crippen molar-refractivity contribution in [3.63, 3.8) is 0 Å². The zero-order valence-corrected chi connectivity index (χ0v) is 13.9. The van der Waals surface area contributed by atoms with Gasteiger partial charge in [-0.15, -0.1) is 0 Å². The molecule has 1 aromatic carbocycles. The Morgan fingerprint density at radius 2 is 2.22 bits per heavy atom. The van der Waals surface area contributed by atoms with Crippen molar-refractivity contribution in [3.8, 4) is 5.75 Å². The van der Waals surface area contributed by atoms with Crippen molar-refractivity contribution in [1.29, 1.82) is 0 Å². The number of nitrogens with two attached hydrogens (primary N) is 1. The lowest BCUT2D eigenvalue weighted by atomic mass is 10.1. The van der Waals surface area contributed by atoms with Crippen LogP contribution >= 0.6 is 0 Å². The highest BCUT2D eigenvalue weighted by Gasteiger charge is 2.16. The topological polar surface area (TPSA) is 73.6 Å². The van der Waals surface area contributed by atoms with E-state index in [9.17, 15) is 4.79 Å². The van der Waals surface area contributed by atoms with Gasteiger partial charge in [-0.05, 0) is 43.5 Å².